The molecule has 17 heavy (non-hydrogen) atoms. The maximum absolute atomic E-state index is 10.9. The van der Waals surface area contributed by atoms with Gasteiger partial charge in [0.1, 0.15) is 12.4 Å². The summed E-state index contributed by atoms with van der Waals surface area (Å²) in [6.07, 6.45) is 4.14. The minimum absolute atomic E-state index is 0.111. The van der Waals surface area contributed by atoms with E-state index in [4.69, 9.17) is 21.1 Å². The minimum Gasteiger partial charge on any atom is -0.489 e. The van der Waals surface area contributed by atoms with Crippen molar-refractivity contribution in [2.24, 2.45) is 0 Å². The number of rotatable bonds is 4. The van der Waals surface area contributed by atoms with Gasteiger partial charge >= 0.3 is 0 Å². The molecule has 0 bridgehead atoms. The summed E-state index contributed by atoms with van der Waals surface area (Å²) in [5.74, 6) is 0.457. The second kappa shape index (κ2) is 6.03. The predicted molar refractivity (Wildman–Crippen MR) is 65.9 cm³/mol. The van der Waals surface area contributed by atoms with Gasteiger partial charge in [0.05, 0.1) is 16.7 Å². The molecule has 0 spiro atoms. The summed E-state index contributed by atoms with van der Waals surface area (Å²) in [6, 6.07) is 5.14. The Kier molecular flexibility index (Phi) is 4.40. The maximum atomic E-state index is 10.9. The lowest BCUT2D eigenvalue weighted by Crippen LogP contribution is -2.26. The number of aldehydes is 1. The van der Waals surface area contributed by atoms with Gasteiger partial charge in [-0.2, -0.15) is 0 Å². The van der Waals surface area contributed by atoms with E-state index in [0.29, 0.717) is 22.9 Å². The molecule has 1 fully saturated rings. The molecule has 92 valence electrons. The first-order valence-corrected chi connectivity index (χ1v) is 6.17. The average Bonchev–Trinajstić information content (AvgIpc) is 2.38. The van der Waals surface area contributed by atoms with Gasteiger partial charge in [0, 0.05) is 6.61 Å². The van der Waals surface area contributed by atoms with Crippen LogP contribution in [0.1, 0.15) is 29.6 Å². The van der Waals surface area contributed by atoms with Gasteiger partial charge in [-0.05, 0) is 31.4 Å². The lowest BCUT2D eigenvalue weighted by molar-refractivity contribution is -0.0111. The molecule has 2 rings (SSSR count). The molecular weight excluding hydrogens is 240 g/mol. The second-order valence-electron chi connectivity index (χ2n) is 4.08. The third kappa shape index (κ3) is 3.20. The van der Waals surface area contributed by atoms with E-state index in [9.17, 15) is 4.79 Å². The van der Waals surface area contributed by atoms with Gasteiger partial charge in [-0.25, -0.2) is 0 Å². The average molecular weight is 255 g/mol. The number of ether oxygens (including phenoxy) is 2. The van der Waals surface area contributed by atoms with Gasteiger partial charge in [0.25, 0.3) is 0 Å². The summed E-state index contributed by atoms with van der Waals surface area (Å²) in [4.78, 5) is 10.9. The third-order valence-electron chi connectivity index (χ3n) is 2.81. The Balaban J connectivity index is 2.00. The molecule has 0 N–H and O–H groups in total. The number of benzene rings is 1. The van der Waals surface area contributed by atoms with Crippen molar-refractivity contribution in [3.05, 3.63) is 28.8 Å². The molecule has 0 amide bonds. The van der Waals surface area contributed by atoms with Crippen molar-refractivity contribution in [3.63, 3.8) is 0 Å². The lowest BCUT2D eigenvalue weighted by atomic mass is 10.1. The van der Waals surface area contributed by atoms with Crippen LogP contribution in [0.3, 0.4) is 0 Å². The Hall–Kier alpha value is -1.06. The maximum Gasteiger partial charge on any atom is 0.153 e. The number of hydrogen-bond donors (Lipinski definition) is 0. The van der Waals surface area contributed by atoms with Crippen LogP contribution in [0.4, 0.5) is 0 Å². The van der Waals surface area contributed by atoms with E-state index in [1.165, 1.54) is 0 Å². The molecule has 1 aliphatic heterocycles. The van der Waals surface area contributed by atoms with Crippen LogP contribution in [0.5, 0.6) is 5.75 Å². The number of hydrogen-bond acceptors (Lipinski definition) is 3. The van der Waals surface area contributed by atoms with Crippen LogP contribution in [-0.2, 0) is 4.74 Å². The van der Waals surface area contributed by atoms with Crippen molar-refractivity contribution in [2.75, 3.05) is 13.2 Å². The van der Waals surface area contributed by atoms with E-state index in [1.54, 1.807) is 18.2 Å². The van der Waals surface area contributed by atoms with E-state index in [-0.39, 0.29) is 6.10 Å². The van der Waals surface area contributed by atoms with Crippen molar-refractivity contribution in [1.29, 1.82) is 0 Å². The zero-order valence-electron chi connectivity index (χ0n) is 9.52. The zero-order chi connectivity index (χ0) is 12.1. The van der Waals surface area contributed by atoms with Gasteiger partial charge in [0.2, 0.25) is 0 Å². The highest BCUT2D eigenvalue weighted by atomic mass is 35.5. The van der Waals surface area contributed by atoms with E-state index in [2.05, 4.69) is 0 Å². The normalized spacial score (nSPS) is 19.9. The third-order valence-corrected chi connectivity index (χ3v) is 3.11. The van der Waals surface area contributed by atoms with Gasteiger partial charge in [0.15, 0.2) is 6.29 Å². The first kappa shape index (κ1) is 12.4. The summed E-state index contributed by atoms with van der Waals surface area (Å²) in [5, 5.41) is 0.463. The van der Waals surface area contributed by atoms with Crippen molar-refractivity contribution < 1.29 is 14.3 Å². The Morgan fingerprint density at radius 1 is 1.47 bits per heavy atom. The highest BCUT2D eigenvalue weighted by molar-refractivity contribution is 6.32. The highest BCUT2D eigenvalue weighted by Crippen LogP contribution is 2.28. The van der Waals surface area contributed by atoms with E-state index in [1.807, 2.05) is 0 Å². The number of carbonyl (C=O) groups is 1. The fourth-order valence-corrected chi connectivity index (χ4v) is 2.12. The molecule has 1 aliphatic rings. The Morgan fingerprint density at radius 3 is 3.06 bits per heavy atom. The standard InChI is InChI=1S/C13H15ClO3/c14-12-6-3-4-10(8-15)13(12)17-9-11-5-1-2-7-16-11/h3-4,6,8,11H,1-2,5,7,9H2. The molecule has 0 saturated carbocycles. The fraction of sp³-hybridized carbons (Fsp3) is 0.462. The summed E-state index contributed by atoms with van der Waals surface area (Å²) < 4.78 is 11.2. The van der Waals surface area contributed by atoms with Gasteiger partial charge in [-0.15, -0.1) is 0 Å². The SMILES string of the molecule is O=Cc1cccc(Cl)c1OCC1CCCCO1. The molecule has 1 atom stereocenters. The Labute approximate surface area is 106 Å². The lowest BCUT2D eigenvalue weighted by Gasteiger charge is -2.23. The summed E-state index contributed by atoms with van der Waals surface area (Å²) in [7, 11) is 0. The van der Waals surface area contributed by atoms with Crippen molar-refractivity contribution in [3.8, 4) is 5.75 Å². The number of halogens is 1. The van der Waals surface area contributed by atoms with Crippen molar-refractivity contribution in [1.82, 2.24) is 0 Å². The van der Waals surface area contributed by atoms with Crippen LogP contribution in [0, 0.1) is 0 Å². The molecule has 1 aromatic carbocycles. The first-order valence-electron chi connectivity index (χ1n) is 5.79. The van der Waals surface area contributed by atoms with Crippen LogP contribution in [0.25, 0.3) is 0 Å². The molecule has 0 aromatic heterocycles. The van der Waals surface area contributed by atoms with E-state index < -0.39 is 0 Å². The van der Waals surface area contributed by atoms with Crippen molar-refractivity contribution in [2.45, 2.75) is 25.4 Å². The molecule has 3 nitrogen and oxygen atoms in total. The zero-order valence-corrected chi connectivity index (χ0v) is 10.3. The topological polar surface area (TPSA) is 35.5 Å². The summed E-state index contributed by atoms with van der Waals surface area (Å²) in [6.45, 7) is 1.24. The van der Waals surface area contributed by atoms with E-state index >= 15 is 0 Å². The highest BCUT2D eigenvalue weighted by Gasteiger charge is 2.16. The van der Waals surface area contributed by atoms with Gasteiger partial charge in [-0.1, -0.05) is 17.7 Å². The molecule has 4 heteroatoms. The molecule has 1 unspecified atom stereocenters. The molecule has 1 aromatic rings. The van der Waals surface area contributed by atoms with Crippen LogP contribution >= 0.6 is 11.6 Å². The van der Waals surface area contributed by atoms with Crippen LogP contribution < -0.4 is 4.74 Å². The van der Waals surface area contributed by atoms with Gasteiger partial charge in [-0.3, -0.25) is 4.79 Å². The molecule has 0 aliphatic carbocycles. The minimum atomic E-state index is 0.111. The monoisotopic (exact) mass is 254 g/mol. The fourth-order valence-electron chi connectivity index (χ4n) is 1.89. The summed E-state index contributed by atoms with van der Waals surface area (Å²) in [5.41, 5.74) is 0.480. The van der Waals surface area contributed by atoms with Crippen LogP contribution in [-0.4, -0.2) is 25.6 Å². The molecule has 1 saturated heterocycles. The smallest absolute Gasteiger partial charge is 0.153 e. The Morgan fingerprint density at radius 2 is 2.35 bits per heavy atom. The molecular formula is C13H15ClO3. The van der Waals surface area contributed by atoms with Crippen molar-refractivity contribution >= 4 is 17.9 Å². The Bertz CT molecular complexity index is 386. The van der Waals surface area contributed by atoms with Crippen LogP contribution in [0.15, 0.2) is 18.2 Å². The first-order chi connectivity index (χ1) is 8.31. The predicted octanol–water partition coefficient (Wildman–Crippen LogP) is 3.10. The molecule has 1 heterocycles. The second-order valence-corrected chi connectivity index (χ2v) is 4.48. The largest absolute Gasteiger partial charge is 0.489 e. The summed E-state index contributed by atoms with van der Waals surface area (Å²) >= 11 is 6.00. The van der Waals surface area contributed by atoms with E-state index in [0.717, 1.165) is 32.2 Å². The quantitative estimate of drug-likeness (QED) is 0.775. The number of para-hydroxylation sites is 1. The molecule has 0 radical (unpaired) electrons. The van der Waals surface area contributed by atoms with Crippen LogP contribution in [0.2, 0.25) is 5.02 Å². The number of carbonyl (C=O) groups excluding carboxylic acids is 1. The van der Waals surface area contributed by atoms with Gasteiger partial charge < -0.3 is 9.47 Å².